The lowest BCUT2D eigenvalue weighted by molar-refractivity contribution is -0.167. The van der Waals surface area contributed by atoms with Gasteiger partial charge in [-0.25, -0.2) is 0 Å². The van der Waals surface area contributed by atoms with Crippen molar-refractivity contribution in [3.05, 3.63) is 24.3 Å². The zero-order valence-electron chi connectivity index (χ0n) is 14.3. The van der Waals surface area contributed by atoms with Gasteiger partial charge in [-0.1, -0.05) is 12.1 Å². The van der Waals surface area contributed by atoms with Crippen molar-refractivity contribution in [2.24, 2.45) is 5.92 Å². The van der Waals surface area contributed by atoms with Gasteiger partial charge < -0.3 is 23.8 Å². The molecule has 1 aromatic rings. The predicted molar refractivity (Wildman–Crippen MR) is 88.4 cm³/mol. The molecular formula is C18H25NO5. The number of hydrogen-bond donors (Lipinski definition) is 0. The van der Waals surface area contributed by atoms with E-state index in [4.69, 9.17) is 18.9 Å². The van der Waals surface area contributed by atoms with Crippen molar-refractivity contribution < 1.29 is 23.7 Å². The van der Waals surface area contributed by atoms with Gasteiger partial charge in [0.1, 0.15) is 5.60 Å². The molecule has 1 unspecified atom stereocenters. The third-order valence-electron chi connectivity index (χ3n) is 4.96. The Morgan fingerprint density at radius 3 is 2.75 bits per heavy atom. The van der Waals surface area contributed by atoms with Crippen LogP contribution in [0.15, 0.2) is 24.3 Å². The highest BCUT2D eigenvalue weighted by Crippen LogP contribution is 2.41. The number of para-hydroxylation sites is 2. The maximum atomic E-state index is 12.3. The molecule has 6 nitrogen and oxygen atoms in total. The Morgan fingerprint density at radius 1 is 1.29 bits per heavy atom. The fourth-order valence-electron chi connectivity index (χ4n) is 3.55. The number of likely N-dealkylation sites (tertiary alicyclic amines) is 1. The number of carbonyl (C=O) groups is 1. The number of rotatable bonds is 7. The first kappa shape index (κ1) is 17.0. The molecule has 0 N–H and O–H groups in total. The first-order chi connectivity index (χ1) is 11.7. The molecule has 2 heterocycles. The van der Waals surface area contributed by atoms with Crippen LogP contribution < -0.4 is 9.47 Å². The number of carbonyl (C=O) groups excluding carboxylic acids is 1. The zero-order chi connectivity index (χ0) is 17.0. The minimum Gasteiger partial charge on any atom is -0.493 e. The van der Waals surface area contributed by atoms with E-state index < -0.39 is 0 Å². The van der Waals surface area contributed by atoms with E-state index in [2.05, 4.69) is 0 Å². The van der Waals surface area contributed by atoms with Crippen LogP contribution in [-0.4, -0.2) is 63.5 Å². The van der Waals surface area contributed by atoms with Gasteiger partial charge in [-0.05, 0) is 30.9 Å². The lowest BCUT2D eigenvalue weighted by Crippen LogP contribution is -2.66. The number of amides is 1. The van der Waals surface area contributed by atoms with Crippen LogP contribution in [0.5, 0.6) is 11.5 Å². The molecule has 2 aliphatic rings. The van der Waals surface area contributed by atoms with Gasteiger partial charge in [0.05, 0.1) is 20.2 Å². The molecule has 0 aromatic heterocycles. The minimum absolute atomic E-state index is 0.0131. The second kappa shape index (κ2) is 7.40. The molecule has 6 heteroatoms. The van der Waals surface area contributed by atoms with Crippen molar-refractivity contribution in [3.8, 4) is 11.5 Å². The first-order valence-corrected chi connectivity index (χ1v) is 8.35. The lowest BCUT2D eigenvalue weighted by atomic mass is 9.79. The van der Waals surface area contributed by atoms with Gasteiger partial charge in [-0.2, -0.15) is 0 Å². The maximum absolute atomic E-state index is 12.3. The van der Waals surface area contributed by atoms with Gasteiger partial charge in [0.15, 0.2) is 18.1 Å². The van der Waals surface area contributed by atoms with E-state index in [-0.39, 0.29) is 18.1 Å². The Kier molecular flexibility index (Phi) is 5.26. The SMILES string of the molecule is COCCC1CCOC12CN(C(=O)COc1ccccc1OC)C2. The first-order valence-electron chi connectivity index (χ1n) is 8.35. The van der Waals surface area contributed by atoms with E-state index in [1.54, 1.807) is 25.2 Å². The number of hydrogen-bond acceptors (Lipinski definition) is 5. The number of methoxy groups -OCH3 is 2. The smallest absolute Gasteiger partial charge is 0.260 e. The summed E-state index contributed by atoms with van der Waals surface area (Å²) in [7, 11) is 3.30. The molecule has 1 atom stereocenters. The fraction of sp³-hybridized carbons (Fsp3) is 0.611. The van der Waals surface area contributed by atoms with Gasteiger partial charge in [0.25, 0.3) is 5.91 Å². The summed E-state index contributed by atoms with van der Waals surface area (Å²) in [6.07, 6.45) is 2.03. The summed E-state index contributed by atoms with van der Waals surface area (Å²) in [6.45, 7) is 2.82. The molecule has 0 aliphatic carbocycles. The highest BCUT2D eigenvalue weighted by Gasteiger charge is 2.54. The molecule has 1 spiro atoms. The summed E-state index contributed by atoms with van der Waals surface area (Å²) in [5.74, 6) is 1.66. The van der Waals surface area contributed by atoms with Crippen LogP contribution in [0, 0.1) is 5.92 Å². The van der Waals surface area contributed by atoms with Gasteiger partial charge in [-0.3, -0.25) is 4.79 Å². The van der Waals surface area contributed by atoms with E-state index in [1.807, 2.05) is 18.2 Å². The fourth-order valence-corrected chi connectivity index (χ4v) is 3.55. The lowest BCUT2D eigenvalue weighted by Gasteiger charge is -2.50. The summed E-state index contributed by atoms with van der Waals surface area (Å²) in [5, 5.41) is 0. The average Bonchev–Trinajstić information content (AvgIpc) is 3.00. The Hall–Kier alpha value is -1.79. The number of benzene rings is 1. The molecule has 2 fully saturated rings. The van der Waals surface area contributed by atoms with Crippen molar-refractivity contribution in [2.75, 3.05) is 47.1 Å². The molecule has 2 aliphatic heterocycles. The van der Waals surface area contributed by atoms with E-state index in [1.165, 1.54) is 0 Å². The Labute approximate surface area is 142 Å². The van der Waals surface area contributed by atoms with Crippen LogP contribution in [0.4, 0.5) is 0 Å². The van der Waals surface area contributed by atoms with Gasteiger partial charge in [0, 0.05) is 20.3 Å². The van der Waals surface area contributed by atoms with Crippen LogP contribution in [0.2, 0.25) is 0 Å². The van der Waals surface area contributed by atoms with Crippen molar-refractivity contribution in [1.82, 2.24) is 4.90 Å². The van der Waals surface area contributed by atoms with Crippen molar-refractivity contribution >= 4 is 5.91 Å². The molecule has 24 heavy (non-hydrogen) atoms. The standard InChI is InChI=1S/C18H25NO5/c1-21-9-7-14-8-10-24-18(14)12-19(13-18)17(20)11-23-16-6-4-3-5-15(16)22-2/h3-6,14H,7-13H2,1-2H3. The molecule has 0 saturated carbocycles. The molecule has 0 bridgehead atoms. The topological polar surface area (TPSA) is 57.2 Å². The third kappa shape index (κ3) is 3.35. The Bertz CT molecular complexity index is 570. The zero-order valence-corrected chi connectivity index (χ0v) is 14.3. The summed E-state index contributed by atoms with van der Waals surface area (Å²) in [6, 6.07) is 7.33. The largest absolute Gasteiger partial charge is 0.493 e. The minimum atomic E-state index is -0.168. The van der Waals surface area contributed by atoms with Crippen molar-refractivity contribution in [3.63, 3.8) is 0 Å². The molecule has 132 valence electrons. The Morgan fingerprint density at radius 2 is 2.04 bits per heavy atom. The van der Waals surface area contributed by atoms with Crippen LogP contribution in [0.25, 0.3) is 0 Å². The molecule has 0 radical (unpaired) electrons. The van der Waals surface area contributed by atoms with E-state index in [0.29, 0.717) is 30.5 Å². The van der Waals surface area contributed by atoms with Crippen LogP contribution in [0.3, 0.4) is 0 Å². The normalized spacial score (nSPS) is 21.6. The number of ether oxygens (including phenoxy) is 4. The summed E-state index contributed by atoms with van der Waals surface area (Å²) < 4.78 is 22.0. The molecule has 3 rings (SSSR count). The summed E-state index contributed by atoms with van der Waals surface area (Å²) in [4.78, 5) is 14.1. The van der Waals surface area contributed by atoms with Crippen LogP contribution in [-0.2, 0) is 14.3 Å². The molecular weight excluding hydrogens is 310 g/mol. The van der Waals surface area contributed by atoms with Crippen LogP contribution >= 0.6 is 0 Å². The van der Waals surface area contributed by atoms with Crippen molar-refractivity contribution in [2.45, 2.75) is 18.4 Å². The van der Waals surface area contributed by atoms with Crippen LogP contribution in [0.1, 0.15) is 12.8 Å². The van der Waals surface area contributed by atoms with E-state index in [9.17, 15) is 4.79 Å². The van der Waals surface area contributed by atoms with Gasteiger partial charge in [-0.15, -0.1) is 0 Å². The second-order valence-electron chi connectivity index (χ2n) is 6.37. The highest BCUT2D eigenvalue weighted by molar-refractivity contribution is 5.79. The second-order valence-corrected chi connectivity index (χ2v) is 6.37. The average molecular weight is 335 g/mol. The van der Waals surface area contributed by atoms with Gasteiger partial charge in [0.2, 0.25) is 0 Å². The Balaban J connectivity index is 1.50. The summed E-state index contributed by atoms with van der Waals surface area (Å²) >= 11 is 0. The molecule has 2 saturated heterocycles. The monoisotopic (exact) mass is 335 g/mol. The predicted octanol–water partition coefficient (Wildman–Crippen LogP) is 1.73. The van der Waals surface area contributed by atoms with Gasteiger partial charge >= 0.3 is 0 Å². The maximum Gasteiger partial charge on any atom is 0.260 e. The van der Waals surface area contributed by atoms with Crippen molar-refractivity contribution in [1.29, 1.82) is 0 Å². The third-order valence-corrected chi connectivity index (χ3v) is 4.96. The summed E-state index contributed by atoms with van der Waals surface area (Å²) in [5.41, 5.74) is -0.168. The quantitative estimate of drug-likeness (QED) is 0.759. The van der Waals surface area contributed by atoms with E-state index >= 15 is 0 Å². The number of nitrogens with zero attached hydrogens (tertiary/aromatic N) is 1. The molecule has 1 amide bonds. The highest BCUT2D eigenvalue weighted by atomic mass is 16.5. The molecule has 1 aromatic carbocycles. The van der Waals surface area contributed by atoms with E-state index in [0.717, 1.165) is 26.1 Å².